The molecule has 0 aliphatic heterocycles. The van der Waals surface area contributed by atoms with E-state index in [1.807, 2.05) is 0 Å². The predicted molar refractivity (Wildman–Crippen MR) is 191 cm³/mol. The highest BCUT2D eigenvalue weighted by molar-refractivity contribution is 6.12. The minimum absolute atomic E-state index is 1.17. The molecule has 2 heterocycles. The lowest BCUT2D eigenvalue weighted by molar-refractivity contribution is 1.17. The van der Waals surface area contributed by atoms with Crippen molar-refractivity contribution in [2.75, 3.05) is 0 Å². The van der Waals surface area contributed by atoms with Crippen LogP contribution in [0.15, 0.2) is 164 Å². The maximum absolute atomic E-state index is 2.39. The second kappa shape index (κ2) is 10.1. The van der Waals surface area contributed by atoms with E-state index in [1.165, 1.54) is 82.8 Å². The van der Waals surface area contributed by atoms with E-state index in [1.54, 1.807) is 0 Å². The molecule has 0 saturated carbocycles. The van der Waals surface area contributed by atoms with Crippen LogP contribution in [0.3, 0.4) is 0 Å². The van der Waals surface area contributed by atoms with Crippen LogP contribution in [0, 0.1) is 6.92 Å². The van der Waals surface area contributed by atoms with Gasteiger partial charge in [-0.25, -0.2) is 0 Å². The van der Waals surface area contributed by atoms with E-state index in [4.69, 9.17) is 0 Å². The second-order valence-electron chi connectivity index (χ2n) is 11.9. The van der Waals surface area contributed by atoms with E-state index in [9.17, 15) is 0 Å². The number of nitrogens with zero attached hydrogens (tertiary/aromatic N) is 2. The average molecular weight is 575 g/mol. The van der Waals surface area contributed by atoms with Crippen molar-refractivity contribution >= 4 is 43.6 Å². The van der Waals surface area contributed by atoms with Crippen LogP contribution < -0.4 is 0 Å². The minimum Gasteiger partial charge on any atom is -0.309 e. The first-order valence-corrected chi connectivity index (χ1v) is 15.5. The van der Waals surface area contributed by atoms with Crippen molar-refractivity contribution in [3.05, 3.63) is 169 Å². The number of benzene rings is 7. The molecule has 0 aliphatic carbocycles. The van der Waals surface area contributed by atoms with Gasteiger partial charge >= 0.3 is 0 Å². The summed E-state index contributed by atoms with van der Waals surface area (Å²) >= 11 is 0. The zero-order valence-electron chi connectivity index (χ0n) is 25.0. The summed E-state index contributed by atoms with van der Waals surface area (Å²) in [5, 5.41) is 5.06. The Kier molecular flexibility index (Phi) is 5.76. The van der Waals surface area contributed by atoms with E-state index in [0.29, 0.717) is 0 Å². The van der Waals surface area contributed by atoms with Gasteiger partial charge in [-0.1, -0.05) is 109 Å². The maximum Gasteiger partial charge on any atom is 0.0541 e. The summed E-state index contributed by atoms with van der Waals surface area (Å²) < 4.78 is 4.77. The molecule has 0 aliphatic rings. The van der Waals surface area contributed by atoms with Gasteiger partial charge in [-0.15, -0.1) is 0 Å². The van der Waals surface area contributed by atoms with Gasteiger partial charge in [0.25, 0.3) is 0 Å². The summed E-state index contributed by atoms with van der Waals surface area (Å²) in [6, 6.07) is 59.6. The lowest BCUT2D eigenvalue weighted by atomic mass is 10.0. The standard InChI is InChI=1S/C43H30N2/c1-29-15-21-34(22-16-29)44-40-13-7-5-11-36(40)38-27-32(19-25-42(38)44)33-20-26-43-39(28-33)37-12-6-8-14-41(37)45(43)35-23-17-31(18-24-35)30-9-3-2-4-10-30/h2-28H,1H3. The van der Waals surface area contributed by atoms with Crippen molar-refractivity contribution in [2.45, 2.75) is 6.92 Å². The van der Waals surface area contributed by atoms with E-state index < -0.39 is 0 Å². The molecule has 2 heteroatoms. The fourth-order valence-electron chi connectivity index (χ4n) is 6.99. The molecule has 212 valence electrons. The van der Waals surface area contributed by atoms with Gasteiger partial charge in [0, 0.05) is 32.9 Å². The van der Waals surface area contributed by atoms with E-state index in [2.05, 4.69) is 180 Å². The van der Waals surface area contributed by atoms with Gasteiger partial charge in [0.05, 0.1) is 22.1 Å². The van der Waals surface area contributed by atoms with Gasteiger partial charge in [0.1, 0.15) is 0 Å². The first-order chi connectivity index (χ1) is 22.2. The highest BCUT2D eigenvalue weighted by Gasteiger charge is 2.16. The zero-order chi connectivity index (χ0) is 29.9. The normalized spacial score (nSPS) is 11.7. The SMILES string of the molecule is Cc1ccc(-n2c3ccccc3c3cc(-c4ccc5c(c4)c4ccccc4n5-c4ccc(-c5ccccc5)cc4)ccc32)cc1. The summed E-state index contributed by atoms with van der Waals surface area (Å²) in [4.78, 5) is 0. The van der Waals surface area contributed by atoms with Crippen molar-refractivity contribution in [1.82, 2.24) is 9.13 Å². The first-order valence-electron chi connectivity index (χ1n) is 15.5. The number of aromatic nitrogens is 2. The number of hydrogen-bond acceptors (Lipinski definition) is 0. The van der Waals surface area contributed by atoms with Crippen LogP contribution in [0.5, 0.6) is 0 Å². The van der Waals surface area contributed by atoms with Crippen LogP contribution in [0.2, 0.25) is 0 Å². The molecule has 2 aromatic heterocycles. The van der Waals surface area contributed by atoms with Crippen LogP contribution in [0.1, 0.15) is 5.56 Å². The minimum atomic E-state index is 1.17. The third-order valence-corrected chi connectivity index (χ3v) is 9.20. The molecule has 0 radical (unpaired) electrons. The molecule has 0 spiro atoms. The first kappa shape index (κ1) is 25.6. The highest BCUT2D eigenvalue weighted by atomic mass is 15.0. The Balaban J connectivity index is 1.19. The summed E-state index contributed by atoms with van der Waals surface area (Å²) in [6.07, 6.45) is 0. The van der Waals surface area contributed by atoms with Gasteiger partial charge in [-0.05, 0) is 89.8 Å². The quantitative estimate of drug-likeness (QED) is 0.198. The van der Waals surface area contributed by atoms with Crippen molar-refractivity contribution < 1.29 is 0 Å². The van der Waals surface area contributed by atoms with E-state index in [-0.39, 0.29) is 0 Å². The van der Waals surface area contributed by atoms with Crippen LogP contribution >= 0.6 is 0 Å². The monoisotopic (exact) mass is 574 g/mol. The lowest BCUT2D eigenvalue weighted by Crippen LogP contribution is -1.94. The number of aryl methyl sites for hydroxylation is 1. The molecule has 0 fully saturated rings. The fraction of sp³-hybridized carbons (Fsp3) is 0.0233. The van der Waals surface area contributed by atoms with E-state index in [0.717, 1.165) is 0 Å². The molecule has 9 rings (SSSR count). The molecule has 0 bridgehead atoms. The van der Waals surface area contributed by atoms with Crippen molar-refractivity contribution in [3.63, 3.8) is 0 Å². The fourth-order valence-corrected chi connectivity index (χ4v) is 6.99. The smallest absolute Gasteiger partial charge is 0.0541 e. The van der Waals surface area contributed by atoms with Gasteiger partial charge in [-0.3, -0.25) is 0 Å². The topological polar surface area (TPSA) is 9.86 Å². The number of para-hydroxylation sites is 2. The second-order valence-corrected chi connectivity index (χ2v) is 11.9. The Morgan fingerprint density at radius 1 is 0.311 bits per heavy atom. The predicted octanol–water partition coefficient (Wildman–Crippen LogP) is 11.5. The largest absolute Gasteiger partial charge is 0.309 e. The molecule has 0 amide bonds. The third kappa shape index (κ3) is 4.11. The van der Waals surface area contributed by atoms with Crippen LogP contribution in [0.25, 0.3) is 77.2 Å². The maximum atomic E-state index is 2.39. The molecule has 9 aromatic rings. The van der Waals surface area contributed by atoms with Gasteiger partial charge in [0.15, 0.2) is 0 Å². The summed E-state index contributed by atoms with van der Waals surface area (Å²) in [5.41, 5.74) is 13.4. The summed E-state index contributed by atoms with van der Waals surface area (Å²) in [5.74, 6) is 0. The molecule has 2 nitrogen and oxygen atoms in total. The number of rotatable bonds is 4. The summed E-state index contributed by atoms with van der Waals surface area (Å²) in [6.45, 7) is 2.14. The van der Waals surface area contributed by atoms with Crippen LogP contribution in [-0.4, -0.2) is 9.13 Å². The molecule has 0 atom stereocenters. The van der Waals surface area contributed by atoms with Crippen LogP contribution in [-0.2, 0) is 0 Å². The van der Waals surface area contributed by atoms with Gasteiger partial charge < -0.3 is 9.13 Å². The Bertz CT molecular complexity index is 2510. The molecule has 45 heavy (non-hydrogen) atoms. The molecular weight excluding hydrogens is 544 g/mol. The Morgan fingerprint density at radius 2 is 0.711 bits per heavy atom. The van der Waals surface area contributed by atoms with E-state index >= 15 is 0 Å². The molecule has 0 N–H and O–H groups in total. The third-order valence-electron chi connectivity index (χ3n) is 9.20. The van der Waals surface area contributed by atoms with Crippen molar-refractivity contribution in [2.24, 2.45) is 0 Å². The molecular formula is C43H30N2. The van der Waals surface area contributed by atoms with Gasteiger partial charge in [-0.2, -0.15) is 0 Å². The average Bonchev–Trinajstić information content (AvgIpc) is 3.61. The van der Waals surface area contributed by atoms with Gasteiger partial charge in [0.2, 0.25) is 0 Å². The number of fused-ring (bicyclic) bond motifs is 6. The molecule has 0 saturated heterocycles. The highest BCUT2D eigenvalue weighted by Crippen LogP contribution is 2.38. The number of hydrogen-bond donors (Lipinski definition) is 0. The summed E-state index contributed by atoms with van der Waals surface area (Å²) in [7, 11) is 0. The van der Waals surface area contributed by atoms with Crippen molar-refractivity contribution in [1.29, 1.82) is 0 Å². The Labute approximate surface area is 262 Å². The van der Waals surface area contributed by atoms with Crippen molar-refractivity contribution in [3.8, 4) is 33.6 Å². The Morgan fingerprint density at radius 3 is 1.24 bits per heavy atom. The lowest BCUT2D eigenvalue weighted by Gasteiger charge is -2.10. The molecule has 0 unspecified atom stereocenters. The molecule has 7 aromatic carbocycles. The van der Waals surface area contributed by atoms with Crippen LogP contribution in [0.4, 0.5) is 0 Å². The zero-order valence-corrected chi connectivity index (χ0v) is 25.0. The Hall–Kier alpha value is -5.86.